The maximum atomic E-state index is 11.7. The lowest BCUT2D eigenvalue weighted by Crippen LogP contribution is -2.50. The molecular weight excluding hydrogens is 216 g/mol. The number of hydrogen-bond donors (Lipinski definition) is 2. The highest BCUT2D eigenvalue weighted by Gasteiger charge is 2.30. The fourth-order valence-electron chi connectivity index (χ4n) is 2.28. The van der Waals surface area contributed by atoms with Crippen LogP contribution in [0, 0.1) is 5.92 Å². The summed E-state index contributed by atoms with van der Waals surface area (Å²) in [5, 5.41) is 6.22. The van der Waals surface area contributed by atoms with Gasteiger partial charge in [-0.2, -0.15) is 0 Å². The fourth-order valence-corrected chi connectivity index (χ4v) is 2.28. The lowest BCUT2D eigenvalue weighted by atomic mass is 9.78. The van der Waals surface area contributed by atoms with Crippen LogP contribution in [0.1, 0.15) is 39.5 Å². The minimum atomic E-state index is 0.00648. The standard InChI is InChI=1S/C13H26N2O2/c1-11-4-6-13(2,7-5-11)15-12(16)10-14-8-9-17-3/h11,14H,4-10H2,1-3H3,(H,15,16). The van der Waals surface area contributed by atoms with E-state index in [1.807, 2.05) is 0 Å². The molecule has 100 valence electrons. The lowest BCUT2D eigenvalue weighted by molar-refractivity contribution is -0.122. The van der Waals surface area contributed by atoms with Crippen molar-refractivity contribution in [1.29, 1.82) is 0 Å². The van der Waals surface area contributed by atoms with Gasteiger partial charge in [0, 0.05) is 19.2 Å². The van der Waals surface area contributed by atoms with E-state index in [1.54, 1.807) is 7.11 Å². The summed E-state index contributed by atoms with van der Waals surface area (Å²) in [7, 11) is 1.66. The molecule has 0 aromatic heterocycles. The van der Waals surface area contributed by atoms with Crippen molar-refractivity contribution in [3.05, 3.63) is 0 Å². The molecule has 1 saturated carbocycles. The Morgan fingerprint density at radius 2 is 2.06 bits per heavy atom. The molecule has 1 aliphatic rings. The first-order valence-electron chi connectivity index (χ1n) is 6.56. The Labute approximate surface area is 104 Å². The van der Waals surface area contributed by atoms with Crippen LogP contribution >= 0.6 is 0 Å². The van der Waals surface area contributed by atoms with Crippen molar-refractivity contribution in [2.45, 2.75) is 45.1 Å². The molecule has 0 unspecified atom stereocenters. The third-order valence-electron chi connectivity index (χ3n) is 3.59. The van der Waals surface area contributed by atoms with E-state index in [1.165, 1.54) is 12.8 Å². The average molecular weight is 242 g/mol. The number of hydrogen-bond acceptors (Lipinski definition) is 3. The third kappa shape index (κ3) is 5.50. The van der Waals surface area contributed by atoms with Crippen LogP contribution in [0.25, 0.3) is 0 Å². The summed E-state index contributed by atoms with van der Waals surface area (Å²) in [6, 6.07) is 0. The van der Waals surface area contributed by atoms with Crippen LogP contribution in [-0.2, 0) is 9.53 Å². The molecule has 2 N–H and O–H groups in total. The number of rotatable bonds is 6. The van der Waals surface area contributed by atoms with Crippen molar-refractivity contribution in [2.75, 3.05) is 26.8 Å². The van der Waals surface area contributed by atoms with E-state index in [0.29, 0.717) is 13.2 Å². The van der Waals surface area contributed by atoms with Crippen molar-refractivity contribution in [3.63, 3.8) is 0 Å². The number of methoxy groups -OCH3 is 1. The Kier molecular flexibility index (Phi) is 5.92. The molecule has 17 heavy (non-hydrogen) atoms. The van der Waals surface area contributed by atoms with E-state index in [0.717, 1.165) is 25.3 Å². The van der Waals surface area contributed by atoms with Crippen LogP contribution < -0.4 is 10.6 Å². The maximum absolute atomic E-state index is 11.7. The summed E-state index contributed by atoms with van der Waals surface area (Å²) < 4.78 is 4.91. The monoisotopic (exact) mass is 242 g/mol. The van der Waals surface area contributed by atoms with E-state index in [9.17, 15) is 4.79 Å². The molecule has 0 spiro atoms. The summed E-state index contributed by atoms with van der Waals surface area (Å²) in [4.78, 5) is 11.7. The molecule has 1 amide bonds. The zero-order valence-electron chi connectivity index (χ0n) is 11.3. The van der Waals surface area contributed by atoms with Crippen LogP contribution in [0.5, 0.6) is 0 Å². The van der Waals surface area contributed by atoms with Gasteiger partial charge in [-0.3, -0.25) is 4.79 Å². The fraction of sp³-hybridized carbons (Fsp3) is 0.923. The summed E-state index contributed by atoms with van der Waals surface area (Å²) in [5.41, 5.74) is 0.00648. The Morgan fingerprint density at radius 1 is 1.41 bits per heavy atom. The highest BCUT2D eigenvalue weighted by molar-refractivity contribution is 5.78. The van der Waals surface area contributed by atoms with Gasteiger partial charge >= 0.3 is 0 Å². The van der Waals surface area contributed by atoms with E-state index >= 15 is 0 Å². The Bertz CT molecular complexity index is 236. The molecule has 0 bridgehead atoms. The van der Waals surface area contributed by atoms with Gasteiger partial charge in [0.1, 0.15) is 0 Å². The molecule has 0 aromatic carbocycles. The zero-order valence-corrected chi connectivity index (χ0v) is 11.3. The first-order valence-corrected chi connectivity index (χ1v) is 6.56. The second-order valence-electron chi connectivity index (χ2n) is 5.46. The highest BCUT2D eigenvalue weighted by Crippen LogP contribution is 2.31. The summed E-state index contributed by atoms with van der Waals surface area (Å²) in [6.07, 6.45) is 4.62. The smallest absolute Gasteiger partial charge is 0.234 e. The zero-order chi connectivity index (χ0) is 12.7. The van der Waals surface area contributed by atoms with Gasteiger partial charge in [-0.1, -0.05) is 6.92 Å². The summed E-state index contributed by atoms with van der Waals surface area (Å²) in [5.74, 6) is 0.901. The van der Waals surface area contributed by atoms with Crippen LogP contribution in [-0.4, -0.2) is 38.3 Å². The number of carbonyl (C=O) groups excluding carboxylic acids is 1. The highest BCUT2D eigenvalue weighted by atomic mass is 16.5. The van der Waals surface area contributed by atoms with Gasteiger partial charge in [0.25, 0.3) is 0 Å². The predicted molar refractivity (Wildman–Crippen MR) is 68.9 cm³/mol. The number of nitrogens with one attached hydrogen (secondary N) is 2. The van der Waals surface area contributed by atoms with Gasteiger partial charge in [-0.25, -0.2) is 0 Å². The molecular formula is C13H26N2O2. The maximum Gasteiger partial charge on any atom is 0.234 e. The molecule has 0 aliphatic heterocycles. The van der Waals surface area contributed by atoms with Gasteiger partial charge < -0.3 is 15.4 Å². The Hall–Kier alpha value is -0.610. The lowest BCUT2D eigenvalue weighted by Gasteiger charge is -2.37. The second-order valence-corrected chi connectivity index (χ2v) is 5.46. The van der Waals surface area contributed by atoms with Crippen LogP contribution in [0.15, 0.2) is 0 Å². The van der Waals surface area contributed by atoms with Crippen molar-refractivity contribution in [1.82, 2.24) is 10.6 Å². The van der Waals surface area contributed by atoms with Crippen LogP contribution in [0.3, 0.4) is 0 Å². The van der Waals surface area contributed by atoms with Gasteiger partial charge in [0.05, 0.1) is 13.2 Å². The molecule has 0 atom stereocenters. The first-order chi connectivity index (χ1) is 8.06. The van der Waals surface area contributed by atoms with E-state index in [4.69, 9.17) is 4.74 Å². The van der Waals surface area contributed by atoms with Crippen molar-refractivity contribution < 1.29 is 9.53 Å². The number of carbonyl (C=O) groups is 1. The molecule has 4 heteroatoms. The quantitative estimate of drug-likeness (QED) is 0.690. The van der Waals surface area contributed by atoms with Crippen molar-refractivity contribution >= 4 is 5.91 Å². The van der Waals surface area contributed by atoms with Crippen molar-refractivity contribution in [2.24, 2.45) is 5.92 Å². The van der Waals surface area contributed by atoms with Crippen molar-refractivity contribution in [3.8, 4) is 0 Å². The molecule has 1 aliphatic carbocycles. The number of amides is 1. The topological polar surface area (TPSA) is 50.4 Å². The van der Waals surface area contributed by atoms with Crippen LogP contribution in [0.4, 0.5) is 0 Å². The SMILES string of the molecule is COCCNCC(=O)NC1(C)CCC(C)CC1. The minimum absolute atomic E-state index is 0.00648. The van der Waals surface area contributed by atoms with Gasteiger partial charge in [0.2, 0.25) is 5.91 Å². The molecule has 4 nitrogen and oxygen atoms in total. The minimum Gasteiger partial charge on any atom is -0.383 e. The van der Waals surface area contributed by atoms with E-state index < -0.39 is 0 Å². The second kappa shape index (κ2) is 6.97. The molecule has 1 fully saturated rings. The normalized spacial score (nSPS) is 29.0. The predicted octanol–water partition coefficient (Wildman–Crippen LogP) is 1.31. The Morgan fingerprint density at radius 3 is 2.65 bits per heavy atom. The van der Waals surface area contributed by atoms with Gasteiger partial charge in [-0.05, 0) is 38.5 Å². The molecule has 0 saturated heterocycles. The molecule has 1 rings (SSSR count). The van der Waals surface area contributed by atoms with E-state index in [-0.39, 0.29) is 11.4 Å². The molecule has 0 radical (unpaired) electrons. The van der Waals surface area contributed by atoms with E-state index in [2.05, 4.69) is 24.5 Å². The molecule has 0 aromatic rings. The number of ether oxygens (including phenoxy) is 1. The first kappa shape index (κ1) is 14.5. The molecule has 0 heterocycles. The summed E-state index contributed by atoms with van der Waals surface area (Å²) in [6.45, 7) is 6.19. The third-order valence-corrected chi connectivity index (χ3v) is 3.59. The largest absolute Gasteiger partial charge is 0.383 e. The van der Waals surface area contributed by atoms with Gasteiger partial charge in [-0.15, -0.1) is 0 Å². The Balaban J connectivity index is 2.20. The van der Waals surface area contributed by atoms with Gasteiger partial charge in [0.15, 0.2) is 0 Å². The van der Waals surface area contributed by atoms with Crippen LogP contribution in [0.2, 0.25) is 0 Å². The average Bonchev–Trinajstić information content (AvgIpc) is 2.29. The summed E-state index contributed by atoms with van der Waals surface area (Å²) >= 11 is 0.